The molecule has 2 aromatic rings. The van der Waals surface area contributed by atoms with Crippen LogP contribution in [0.1, 0.15) is 42.4 Å². The number of hydrogen-bond donors (Lipinski definition) is 1. The zero-order chi connectivity index (χ0) is 19.4. The second-order valence-electron chi connectivity index (χ2n) is 6.71. The molecule has 0 radical (unpaired) electrons. The Morgan fingerprint density at radius 2 is 1.96 bits per heavy atom. The zero-order valence-corrected chi connectivity index (χ0v) is 16.7. The van der Waals surface area contributed by atoms with Crippen molar-refractivity contribution in [3.05, 3.63) is 58.7 Å². The molecule has 142 valence electrons. The molecule has 1 amide bonds. The molecule has 1 aromatic carbocycles. The molecule has 27 heavy (non-hydrogen) atoms. The van der Waals surface area contributed by atoms with Crippen LogP contribution >= 0.6 is 12.2 Å². The standard InChI is InChI=1S/C21H24N2O3S/c1-4-5-8-23-20(24)19(22-21(23)27)12-16-6-7-17(26-16)13-25-18-10-14(2)9-15(3)11-18/h6-7,9-12H,4-5,8,13H2,1-3H3,(H,22,27)/b19-12-. The molecule has 1 N–H and O–H groups in total. The molecule has 0 spiro atoms. The smallest absolute Gasteiger partial charge is 0.276 e. The molecular weight excluding hydrogens is 360 g/mol. The number of carbonyl (C=O) groups excluding carboxylic acids is 1. The summed E-state index contributed by atoms with van der Waals surface area (Å²) in [6.45, 7) is 7.12. The van der Waals surface area contributed by atoms with Crippen molar-refractivity contribution in [1.82, 2.24) is 10.2 Å². The molecular formula is C21H24N2O3S. The third kappa shape index (κ3) is 4.77. The maximum Gasteiger partial charge on any atom is 0.276 e. The molecule has 1 aliphatic rings. The Hall–Kier alpha value is -2.60. The van der Waals surface area contributed by atoms with Crippen molar-refractivity contribution in [2.75, 3.05) is 6.54 Å². The number of nitrogens with zero attached hydrogens (tertiary/aromatic N) is 1. The Kier molecular flexibility index (Phi) is 5.96. The van der Waals surface area contributed by atoms with Crippen molar-refractivity contribution >= 4 is 29.3 Å². The van der Waals surface area contributed by atoms with Gasteiger partial charge in [-0.2, -0.15) is 0 Å². The van der Waals surface area contributed by atoms with E-state index in [9.17, 15) is 4.79 Å². The van der Waals surface area contributed by atoms with Gasteiger partial charge in [0.05, 0.1) is 0 Å². The summed E-state index contributed by atoms with van der Waals surface area (Å²) < 4.78 is 11.6. The maximum absolute atomic E-state index is 12.4. The molecule has 0 saturated carbocycles. The number of rotatable bonds is 7. The van der Waals surface area contributed by atoms with Gasteiger partial charge in [0.1, 0.15) is 29.6 Å². The lowest BCUT2D eigenvalue weighted by molar-refractivity contribution is -0.122. The van der Waals surface area contributed by atoms with Crippen molar-refractivity contribution in [3.63, 3.8) is 0 Å². The predicted molar refractivity (Wildman–Crippen MR) is 109 cm³/mol. The summed E-state index contributed by atoms with van der Waals surface area (Å²) in [5.74, 6) is 1.98. The Morgan fingerprint density at radius 1 is 1.22 bits per heavy atom. The largest absolute Gasteiger partial charge is 0.486 e. The molecule has 0 aliphatic carbocycles. The number of thiocarbonyl (C=S) groups is 1. The third-order valence-electron chi connectivity index (χ3n) is 4.24. The minimum atomic E-state index is -0.113. The quantitative estimate of drug-likeness (QED) is 0.569. The van der Waals surface area contributed by atoms with Crippen molar-refractivity contribution in [3.8, 4) is 5.75 Å². The molecule has 0 atom stereocenters. The van der Waals surface area contributed by atoms with Gasteiger partial charge in [0, 0.05) is 12.6 Å². The Morgan fingerprint density at radius 3 is 2.67 bits per heavy atom. The zero-order valence-electron chi connectivity index (χ0n) is 15.9. The van der Waals surface area contributed by atoms with Crippen LogP contribution < -0.4 is 10.1 Å². The minimum Gasteiger partial charge on any atom is -0.486 e. The molecule has 1 fully saturated rings. The second kappa shape index (κ2) is 8.39. The molecule has 2 heterocycles. The van der Waals surface area contributed by atoms with Crippen LogP contribution in [0.3, 0.4) is 0 Å². The number of benzene rings is 1. The summed E-state index contributed by atoms with van der Waals surface area (Å²) in [5, 5.41) is 3.42. The van der Waals surface area contributed by atoms with Gasteiger partial charge in [-0.1, -0.05) is 19.4 Å². The van der Waals surface area contributed by atoms with Crippen LogP contribution in [-0.2, 0) is 11.4 Å². The Labute approximate surface area is 165 Å². The monoisotopic (exact) mass is 384 g/mol. The van der Waals surface area contributed by atoms with Crippen molar-refractivity contribution in [1.29, 1.82) is 0 Å². The van der Waals surface area contributed by atoms with Crippen LogP contribution in [0.4, 0.5) is 0 Å². The average Bonchev–Trinajstić information content (AvgIpc) is 3.16. The molecule has 5 nitrogen and oxygen atoms in total. The van der Waals surface area contributed by atoms with E-state index in [1.807, 2.05) is 38.1 Å². The van der Waals surface area contributed by atoms with E-state index in [2.05, 4.69) is 18.3 Å². The number of aryl methyl sites for hydroxylation is 2. The van der Waals surface area contributed by atoms with Gasteiger partial charge in [-0.25, -0.2) is 0 Å². The van der Waals surface area contributed by atoms with Crippen LogP contribution in [0.2, 0.25) is 0 Å². The highest BCUT2D eigenvalue weighted by Crippen LogP contribution is 2.20. The van der Waals surface area contributed by atoms with E-state index in [1.165, 1.54) is 0 Å². The number of nitrogens with one attached hydrogen (secondary N) is 1. The van der Waals surface area contributed by atoms with Gasteiger partial charge < -0.3 is 14.5 Å². The van der Waals surface area contributed by atoms with Gasteiger partial charge in [-0.3, -0.25) is 9.69 Å². The highest BCUT2D eigenvalue weighted by atomic mass is 32.1. The molecule has 0 unspecified atom stereocenters. The first-order valence-corrected chi connectivity index (χ1v) is 9.51. The summed E-state index contributed by atoms with van der Waals surface area (Å²) >= 11 is 5.25. The van der Waals surface area contributed by atoms with E-state index in [1.54, 1.807) is 11.0 Å². The number of ether oxygens (including phenoxy) is 1. The number of furan rings is 1. The van der Waals surface area contributed by atoms with Crippen LogP contribution in [0.5, 0.6) is 5.75 Å². The summed E-state index contributed by atoms with van der Waals surface area (Å²) in [5.41, 5.74) is 2.75. The fourth-order valence-corrected chi connectivity index (χ4v) is 3.24. The summed E-state index contributed by atoms with van der Waals surface area (Å²) in [4.78, 5) is 14.0. The van der Waals surface area contributed by atoms with Gasteiger partial charge in [0.25, 0.3) is 5.91 Å². The first-order valence-electron chi connectivity index (χ1n) is 9.10. The van der Waals surface area contributed by atoms with E-state index in [-0.39, 0.29) is 5.91 Å². The lowest BCUT2D eigenvalue weighted by Crippen LogP contribution is -2.31. The number of unbranched alkanes of at least 4 members (excludes halogenated alkanes) is 1. The molecule has 1 aliphatic heterocycles. The van der Waals surface area contributed by atoms with Crippen LogP contribution in [0, 0.1) is 13.8 Å². The minimum absolute atomic E-state index is 0.113. The van der Waals surface area contributed by atoms with Crippen LogP contribution in [-0.4, -0.2) is 22.5 Å². The van der Waals surface area contributed by atoms with E-state index >= 15 is 0 Å². The number of amides is 1. The topological polar surface area (TPSA) is 54.7 Å². The fourth-order valence-electron chi connectivity index (χ4n) is 2.95. The number of carbonyl (C=O) groups is 1. The van der Waals surface area contributed by atoms with Gasteiger partial charge in [0.2, 0.25) is 0 Å². The lowest BCUT2D eigenvalue weighted by Gasteiger charge is -2.12. The second-order valence-corrected chi connectivity index (χ2v) is 7.10. The number of hydrogen-bond acceptors (Lipinski definition) is 4. The molecule has 0 bridgehead atoms. The SMILES string of the molecule is CCCCN1C(=O)/C(=C/c2ccc(COc3cc(C)cc(C)c3)o2)NC1=S. The highest BCUT2D eigenvalue weighted by Gasteiger charge is 2.30. The molecule has 3 rings (SSSR count). The van der Waals surface area contributed by atoms with E-state index < -0.39 is 0 Å². The normalized spacial score (nSPS) is 15.5. The molecule has 1 aromatic heterocycles. The highest BCUT2D eigenvalue weighted by molar-refractivity contribution is 7.80. The van der Waals surface area contributed by atoms with E-state index in [0.717, 1.165) is 29.7 Å². The van der Waals surface area contributed by atoms with E-state index in [4.69, 9.17) is 21.4 Å². The van der Waals surface area contributed by atoms with Gasteiger partial charge >= 0.3 is 0 Å². The summed E-state index contributed by atoms with van der Waals surface area (Å²) in [6.07, 6.45) is 3.61. The van der Waals surface area contributed by atoms with Gasteiger partial charge in [0.15, 0.2) is 5.11 Å². The Balaban J connectivity index is 1.64. The van der Waals surface area contributed by atoms with E-state index in [0.29, 0.717) is 35.5 Å². The van der Waals surface area contributed by atoms with Crippen LogP contribution in [0.25, 0.3) is 6.08 Å². The van der Waals surface area contributed by atoms with Crippen molar-refractivity contribution in [2.45, 2.75) is 40.2 Å². The van der Waals surface area contributed by atoms with Crippen LogP contribution in [0.15, 0.2) is 40.4 Å². The fraction of sp³-hybridized carbons (Fsp3) is 0.333. The summed E-state index contributed by atoms with van der Waals surface area (Å²) in [6, 6.07) is 9.75. The maximum atomic E-state index is 12.4. The van der Waals surface area contributed by atoms with Gasteiger partial charge in [-0.15, -0.1) is 0 Å². The predicted octanol–water partition coefficient (Wildman–Crippen LogP) is 4.33. The first kappa shape index (κ1) is 19.2. The molecule has 1 saturated heterocycles. The average molecular weight is 385 g/mol. The summed E-state index contributed by atoms with van der Waals surface area (Å²) in [7, 11) is 0. The molecule has 6 heteroatoms. The third-order valence-corrected chi connectivity index (χ3v) is 4.57. The van der Waals surface area contributed by atoms with Crippen molar-refractivity contribution in [2.24, 2.45) is 0 Å². The lowest BCUT2D eigenvalue weighted by atomic mass is 10.1. The van der Waals surface area contributed by atoms with Crippen molar-refractivity contribution < 1.29 is 13.9 Å². The first-order chi connectivity index (χ1) is 13.0. The Bertz CT molecular complexity index is 865. The van der Waals surface area contributed by atoms with Gasteiger partial charge in [-0.05, 0) is 67.9 Å².